The lowest BCUT2D eigenvalue weighted by molar-refractivity contribution is -0.385. The van der Waals surface area contributed by atoms with Crippen LogP contribution in [0, 0.1) is 10.1 Å². The Morgan fingerprint density at radius 1 is 1.50 bits per heavy atom. The van der Waals surface area contributed by atoms with Crippen LogP contribution in [0.4, 0.5) is 5.69 Å². The molecule has 88 valence electrons. The molecule has 0 amide bonds. The standard InChI is InChI=1S/C11H16N2O3/c1-8(2)12-7-9-4-5-10(16-3)6-11(9)13(14)15/h4-6,8,12H,7H2,1-3H3. The molecule has 0 unspecified atom stereocenters. The molecule has 0 aliphatic heterocycles. The number of nitro groups is 1. The van der Waals surface area contributed by atoms with Crippen LogP contribution in [0.5, 0.6) is 5.75 Å². The van der Waals surface area contributed by atoms with Gasteiger partial charge in [-0.05, 0) is 12.1 Å². The lowest BCUT2D eigenvalue weighted by atomic mass is 10.1. The number of nitro benzene ring substituents is 1. The van der Waals surface area contributed by atoms with Crippen LogP contribution in [-0.2, 0) is 6.54 Å². The van der Waals surface area contributed by atoms with Gasteiger partial charge in [-0.1, -0.05) is 13.8 Å². The normalized spacial score (nSPS) is 10.5. The van der Waals surface area contributed by atoms with Crippen molar-refractivity contribution in [2.45, 2.75) is 26.4 Å². The topological polar surface area (TPSA) is 64.4 Å². The molecule has 0 saturated heterocycles. The first-order chi connectivity index (χ1) is 7.54. The minimum Gasteiger partial charge on any atom is -0.497 e. The summed E-state index contributed by atoms with van der Waals surface area (Å²) in [5.41, 5.74) is 0.756. The maximum Gasteiger partial charge on any atom is 0.277 e. The zero-order chi connectivity index (χ0) is 12.1. The van der Waals surface area contributed by atoms with E-state index in [1.54, 1.807) is 12.1 Å². The summed E-state index contributed by atoms with van der Waals surface area (Å²) >= 11 is 0. The van der Waals surface area contributed by atoms with E-state index in [9.17, 15) is 10.1 Å². The van der Waals surface area contributed by atoms with Gasteiger partial charge >= 0.3 is 0 Å². The van der Waals surface area contributed by atoms with E-state index in [1.165, 1.54) is 13.2 Å². The van der Waals surface area contributed by atoms with Gasteiger partial charge in [-0.3, -0.25) is 10.1 Å². The Balaban J connectivity index is 2.94. The van der Waals surface area contributed by atoms with Crippen molar-refractivity contribution < 1.29 is 9.66 Å². The smallest absolute Gasteiger partial charge is 0.277 e. The molecule has 5 heteroatoms. The average Bonchev–Trinajstić information content (AvgIpc) is 2.25. The monoisotopic (exact) mass is 224 g/mol. The Morgan fingerprint density at radius 3 is 2.69 bits per heavy atom. The van der Waals surface area contributed by atoms with Crippen molar-refractivity contribution in [3.05, 3.63) is 33.9 Å². The van der Waals surface area contributed by atoms with E-state index < -0.39 is 0 Å². The number of hydrogen-bond acceptors (Lipinski definition) is 4. The molecule has 1 aromatic carbocycles. The van der Waals surface area contributed by atoms with Gasteiger partial charge in [0.2, 0.25) is 0 Å². The molecule has 1 aromatic rings. The maximum atomic E-state index is 10.9. The quantitative estimate of drug-likeness (QED) is 0.614. The molecular weight excluding hydrogens is 208 g/mol. The van der Waals surface area contributed by atoms with E-state index in [0.717, 1.165) is 0 Å². The first kappa shape index (κ1) is 12.4. The molecule has 1 N–H and O–H groups in total. The first-order valence-electron chi connectivity index (χ1n) is 5.09. The van der Waals surface area contributed by atoms with E-state index in [0.29, 0.717) is 23.9 Å². The summed E-state index contributed by atoms with van der Waals surface area (Å²) in [5.74, 6) is 0.500. The number of benzene rings is 1. The van der Waals surface area contributed by atoms with Crippen LogP contribution in [0.2, 0.25) is 0 Å². The number of ether oxygens (including phenoxy) is 1. The van der Waals surface area contributed by atoms with E-state index in [4.69, 9.17) is 4.74 Å². The molecular formula is C11H16N2O3. The highest BCUT2D eigenvalue weighted by atomic mass is 16.6. The van der Waals surface area contributed by atoms with E-state index >= 15 is 0 Å². The first-order valence-corrected chi connectivity index (χ1v) is 5.09. The highest BCUT2D eigenvalue weighted by Gasteiger charge is 2.14. The highest BCUT2D eigenvalue weighted by molar-refractivity contribution is 5.45. The number of nitrogens with zero attached hydrogens (tertiary/aromatic N) is 1. The van der Waals surface area contributed by atoms with Crippen LogP contribution in [-0.4, -0.2) is 18.1 Å². The van der Waals surface area contributed by atoms with Gasteiger partial charge in [0.25, 0.3) is 5.69 Å². The summed E-state index contributed by atoms with van der Waals surface area (Å²) in [6.07, 6.45) is 0. The second kappa shape index (κ2) is 5.46. The number of rotatable bonds is 5. The summed E-state index contributed by atoms with van der Waals surface area (Å²) in [4.78, 5) is 10.5. The zero-order valence-corrected chi connectivity index (χ0v) is 9.69. The Bertz CT molecular complexity index is 377. The summed E-state index contributed by atoms with van der Waals surface area (Å²) < 4.78 is 4.96. The number of nitrogens with one attached hydrogen (secondary N) is 1. The van der Waals surface area contributed by atoms with Crippen molar-refractivity contribution in [3.8, 4) is 5.75 Å². The van der Waals surface area contributed by atoms with Crippen LogP contribution in [0.15, 0.2) is 18.2 Å². The van der Waals surface area contributed by atoms with Gasteiger partial charge < -0.3 is 10.1 Å². The summed E-state index contributed by atoms with van der Waals surface area (Å²) in [7, 11) is 1.49. The molecule has 0 fully saturated rings. The Morgan fingerprint density at radius 2 is 2.19 bits per heavy atom. The SMILES string of the molecule is COc1ccc(CNC(C)C)c([N+](=O)[O-])c1. The summed E-state index contributed by atoms with van der Waals surface area (Å²) in [6.45, 7) is 4.47. The van der Waals surface area contributed by atoms with Crippen LogP contribution in [0.3, 0.4) is 0 Å². The van der Waals surface area contributed by atoms with Crippen LogP contribution < -0.4 is 10.1 Å². The largest absolute Gasteiger partial charge is 0.497 e. The van der Waals surface area contributed by atoms with Crippen LogP contribution in [0.25, 0.3) is 0 Å². The lowest BCUT2D eigenvalue weighted by Gasteiger charge is -2.09. The fourth-order valence-electron chi connectivity index (χ4n) is 1.30. The predicted molar refractivity (Wildman–Crippen MR) is 61.6 cm³/mol. The fraction of sp³-hybridized carbons (Fsp3) is 0.455. The second-order valence-electron chi connectivity index (χ2n) is 3.79. The predicted octanol–water partition coefficient (Wildman–Crippen LogP) is 2.10. The van der Waals surface area contributed by atoms with Crippen molar-refractivity contribution in [1.29, 1.82) is 0 Å². The van der Waals surface area contributed by atoms with E-state index in [2.05, 4.69) is 5.32 Å². The molecule has 0 bridgehead atoms. The van der Waals surface area contributed by atoms with Crippen molar-refractivity contribution in [1.82, 2.24) is 5.32 Å². The van der Waals surface area contributed by atoms with Gasteiger partial charge in [0.15, 0.2) is 0 Å². The van der Waals surface area contributed by atoms with Gasteiger partial charge in [0, 0.05) is 18.2 Å². The minimum atomic E-state index is -0.389. The van der Waals surface area contributed by atoms with Crippen molar-refractivity contribution in [3.63, 3.8) is 0 Å². The Hall–Kier alpha value is -1.62. The van der Waals surface area contributed by atoms with Gasteiger partial charge in [-0.15, -0.1) is 0 Å². The van der Waals surface area contributed by atoms with Crippen LogP contribution in [0.1, 0.15) is 19.4 Å². The molecule has 16 heavy (non-hydrogen) atoms. The van der Waals surface area contributed by atoms with Crippen LogP contribution >= 0.6 is 0 Å². The van der Waals surface area contributed by atoms with Crippen molar-refractivity contribution in [2.24, 2.45) is 0 Å². The molecule has 0 atom stereocenters. The summed E-state index contributed by atoms with van der Waals surface area (Å²) in [5, 5.41) is 14.0. The zero-order valence-electron chi connectivity index (χ0n) is 9.69. The van der Waals surface area contributed by atoms with E-state index in [-0.39, 0.29) is 10.6 Å². The van der Waals surface area contributed by atoms with Gasteiger partial charge in [-0.2, -0.15) is 0 Å². The Labute approximate surface area is 94.6 Å². The molecule has 0 heterocycles. The molecule has 5 nitrogen and oxygen atoms in total. The molecule has 0 aromatic heterocycles. The average molecular weight is 224 g/mol. The molecule has 0 spiro atoms. The van der Waals surface area contributed by atoms with Gasteiger partial charge in [0.1, 0.15) is 5.75 Å². The second-order valence-corrected chi connectivity index (χ2v) is 3.79. The van der Waals surface area contributed by atoms with Gasteiger partial charge in [0.05, 0.1) is 18.1 Å². The molecule has 0 saturated carbocycles. The molecule has 0 radical (unpaired) electrons. The third-order valence-electron chi connectivity index (χ3n) is 2.19. The Kier molecular flexibility index (Phi) is 4.25. The fourth-order valence-corrected chi connectivity index (χ4v) is 1.30. The third kappa shape index (κ3) is 3.20. The maximum absolute atomic E-state index is 10.9. The lowest BCUT2D eigenvalue weighted by Crippen LogP contribution is -2.22. The minimum absolute atomic E-state index is 0.0903. The van der Waals surface area contributed by atoms with Crippen molar-refractivity contribution >= 4 is 5.69 Å². The third-order valence-corrected chi connectivity index (χ3v) is 2.19. The number of hydrogen-bond donors (Lipinski definition) is 1. The molecule has 0 aliphatic rings. The highest BCUT2D eigenvalue weighted by Crippen LogP contribution is 2.24. The van der Waals surface area contributed by atoms with Gasteiger partial charge in [-0.25, -0.2) is 0 Å². The molecule has 1 rings (SSSR count). The number of methoxy groups -OCH3 is 1. The van der Waals surface area contributed by atoms with E-state index in [1.807, 2.05) is 13.8 Å². The summed E-state index contributed by atoms with van der Waals surface area (Å²) in [6, 6.07) is 5.18. The van der Waals surface area contributed by atoms with Crippen molar-refractivity contribution in [2.75, 3.05) is 7.11 Å². The molecule has 0 aliphatic carbocycles.